The first-order valence-corrected chi connectivity index (χ1v) is 13.0. The lowest BCUT2D eigenvalue weighted by Crippen LogP contribution is -2.46. The molecule has 3 atom stereocenters. The Balaban J connectivity index is 1.80. The van der Waals surface area contributed by atoms with Crippen molar-refractivity contribution in [2.24, 2.45) is 11.7 Å². The number of hydrogen-bond donors (Lipinski definition) is 1. The number of ketones is 1. The lowest BCUT2D eigenvalue weighted by Gasteiger charge is -2.44. The van der Waals surface area contributed by atoms with E-state index in [0.29, 0.717) is 22.7 Å². The summed E-state index contributed by atoms with van der Waals surface area (Å²) >= 11 is 0. The van der Waals surface area contributed by atoms with Gasteiger partial charge in [0.05, 0.1) is 32.8 Å². The lowest BCUT2D eigenvalue weighted by atomic mass is 9.67. The molecule has 2 aliphatic rings. The minimum absolute atomic E-state index is 0.0153. The smallest absolute Gasteiger partial charge is 0.338 e. The molecule has 1 heterocycles. The molecule has 1 aliphatic carbocycles. The van der Waals surface area contributed by atoms with Crippen molar-refractivity contribution >= 4 is 23.4 Å². The molecule has 2 N–H and O–H groups in total. The Bertz CT molecular complexity index is 1550. The Hall–Kier alpha value is -4.92. The van der Waals surface area contributed by atoms with Crippen LogP contribution in [-0.4, -0.2) is 39.1 Å². The van der Waals surface area contributed by atoms with Gasteiger partial charge in [-0.15, -0.1) is 0 Å². The zero-order valence-electron chi connectivity index (χ0n) is 22.8. The van der Waals surface area contributed by atoms with Gasteiger partial charge in [-0.2, -0.15) is 0 Å². The predicted octanol–water partition coefficient (Wildman–Crippen LogP) is 4.58. The molecule has 0 fully saturated rings. The van der Waals surface area contributed by atoms with E-state index < -0.39 is 41.3 Å². The first-order valence-electron chi connectivity index (χ1n) is 13.0. The summed E-state index contributed by atoms with van der Waals surface area (Å²) in [5.41, 5.74) is 9.31. The van der Waals surface area contributed by atoms with E-state index >= 15 is 0 Å². The molecule has 1 aliphatic heterocycles. The summed E-state index contributed by atoms with van der Waals surface area (Å²) in [6, 6.07) is 21.7. The maximum atomic E-state index is 14.6. The van der Waals surface area contributed by atoms with E-state index in [1.54, 1.807) is 24.1 Å². The third-order valence-electron chi connectivity index (χ3n) is 7.66. The molecule has 0 bridgehead atoms. The van der Waals surface area contributed by atoms with Gasteiger partial charge in [-0.1, -0.05) is 42.5 Å². The van der Waals surface area contributed by atoms with Crippen molar-refractivity contribution in [1.29, 1.82) is 0 Å². The fourth-order valence-electron chi connectivity index (χ4n) is 5.76. The number of rotatable bonds is 6. The van der Waals surface area contributed by atoms with Crippen molar-refractivity contribution in [3.8, 4) is 5.75 Å². The number of benzene rings is 3. The summed E-state index contributed by atoms with van der Waals surface area (Å²) in [7, 11) is 4.01. The molecule has 0 radical (unpaired) electrons. The van der Waals surface area contributed by atoms with Crippen LogP contribution < -0.4 is 15.4 Å². The molecule has 0 unspecified atom stereocenters. The minimum atomic E-state index is -1.20. The first-order chi connectivity index (χ1) is 19.8. The number of carbonyl (C=O) groups is 3. The van der Waals surface area contributed by atoms with E-state index in [2.05, 4.69) is 0 Å². The molecule has 9 heteroatoms. The second-order valence-electron chi connectivity index (χ2n) is 9.76. The number of halogens is 1. The van der Waals surface area contributed by atoms with E-state index in [1.807, 2.05) is 42.5 Å². The van der Waals surface area contributed by atoms with Gasteiger partial charge in [0, 0.05) is 22.9 Å². The van der Waals surface area contributed by atoms with Gasteiger partial charge >= 0.3 is 11.9 Å². The summed E-state index contributed by atoms with van der Waals surface area (Å²) in [4.78, 5) is 42.8. The van der Waals surface area contributed by atoms with Crippen LogP contribution >= 0.6 is 0 Å². The van der Waals surface area contributed by atoms with Gasteiger partial charge in [0.1, 0.15) is 23.3 Å². The third kappa shape index (κ3) is 4.84. The van der Waals surface area contributed by atoms with E-state index in [9.17, 15) is 18.8 Å². The number of methoxy groups -OCH3 is 3. The normalized spacial score (nSPS) is 20.4. The van der Waals surface area contributed by atoms with Crippen LogP contribution in [-0.2, 0) is 23.9 Å². The van der Waals surface area contributed by atoms with E-state index in [0.717, 1.165) is 5.56 Å². The summed E-state index contributed by atoms with van der Waals surface area (Å²) in [5.74, 6) is -4.55. The zero-order chi connectivity index (χ0) is 29.3. The highest BCUT2D eigenvalue weighted by Gasteiger charge is 2.51. The van der Waals surface area contributed by atoms with E-state index in [-0.39, 0.29) is 23.4 Å². The number of anilines is 1. The van der Waals surface area contributed by atoms with Crippen LogP contribution in [0.15, 0.2) is 102 Å². The Morgan fingerprint density at radius 3 is 2.10 bits per heavy atom. The third-order valence-corrected chi connectivity index (χ3v) is 7.66. The second kappa shape index (κ2) is 11.3. The van der Waals surface area contributed by atoms with Gasteiger partial charge in [0.15, 0.2) is 5.78 Å². The molecule has 41 heavy (non-hydrogen) atoms. The van der Waals surface area contributed by atoms with E-state index in [4.69, 9.17) is 19.9 Å². The summed E-state index contributed by atoms with van der Waals surface area (Å²) < 4.78 is 29.5. The summed E-state index contributed by atoms with van der Waals surface area (Å²) in [6.07, 6.45) is 0.217. The van der Waals surface area contributed by atoms with Crippen LogP contribution in [0.5, 0.6) is 5.75 Å². The standard InChI is InChI=1S/C32H29FN2O6/c1-39-22-15-11-18(12-16-22)23-17-24-27(29(36)26(23)31(37)40-2)25(19-9-13-20(33)14-10-19)28(32(38)41-3)30(34)35(24)21-7-5-4-6-8-21/h4-16,23,25-26H,17,34H2,1-3H3/t23-,25+,26-/m1/s1. The monoisotopic (exact) mass is 556 g/mol. The molecule has 8 nitrogen and oxygen atoms in total. The number of para-hydroxylation sites is 1. The number of hydrogen-bond acceptors (Lipinski definition) is 8. The maximum absolute atomic E-state index is 14.6. The highest BCUT2D eigenvalue weighted by molar-refractivity contribution is 6.14. The molecule has 0 spiro atoms. The highest BCUT2D eigenvalue weighted by atomic mass is 19.1. The average molecular weight is 557 g/mol. The zero-order valence-corrected chi connectivity index (χ0v) is 22.8. The van der Waals surface area contributed by atoms with Crippen molar-refractivity contribution in [2.75, 3.05) is 26.2 Å². The van der Waals surface area contributed by atoms with Crippen molar-refractivity contribution in [3.63, 3.8) is 0 Å². The molecule has 3 aromatic rings. The molecule has 210 valence electrons. The van der Waals surface area contributed by atoms with Crippen LogP contribution in [0.3, 0.4) is 0 Å². The number of nitrogens with zero attached hydrogens (tertiary/aromatic N) is 1. The largest absolute Gasteiger partial charge is 0.497 e. The lowest BCUT2D eigenvalue weighted by molar-refractivity contribution is -0.150. The van der Waals surface area contributed by atoms with Crippen molar-refractivity contribution < 1.29 is 33.0 Å². The van der Waals surface area contributed by atoms with E-state index in [1.165, 1.54) is 38.5 Å². The highest BCUT2D eigenvalue weighted by Crippen LogP contribution is 2.51. The molecule has 0 saturated heterocycles. The molecular weight excluding hydrogens is 527 g/mol. The molecule has 0 aromatic heterocycles. The van der Waals surface area contributed by atoms with Gasteiger partial charge in [-0.25, -0.2) is 9.18 Å². The maximum Gasteiger partial charge on any atom is 0.338 e. The van der Waals surface area contributed by atoms with Gasteiger partial charge in [-0.05, 0) is 53.9 Å². The number of carbonyl (C=O) groups excluding carboxylic acids is 3. The Kier molecular flexibility index (Phi) is 7.61. The summed E-state index contributed by atoms with van der Waals surface area (Å²) in [5, 5.41) is 0. The minimum Gasteiger partial charge on any atom is -0.497 e. The van der Waals surface area contributed by atoms with Gasteiger partial charge in [0.25, 0.3) is 0 Å². The van der Waals surface area contributed by atoms with Crippen LogP contribution in [0.1, 0.15) is 29.4 Å². The van der Waals surface area contributed by atoms with Crippen molar-refractivity contribution in [2.45, 2.75) is 18.3 Å². The van der Waals surface area contributed by atoms with Gasteiger partial charge in [-0.3, -0.25) is 14.5 Å². The number of esters is 2. The molecule has 0 amide bonds. The van der Waals surface area contributed by atoms with Crippen molar-refractivity contribution in [3.05, 3.63) is 118 Å². The first kappa shape index (κ1) is 27.6. The average Bonchev–Trinajstić information content (AvgIpc) is 3.00. The van der Waals surface area contributed by atoms with Crippen LogP contribution in [0.2, 0.25) is 0 Å². The van der Waals surface area contributed by atoms with Crippen LogP contribution in [0.25, 0.3) is 0 Å². The van der Waals surface area contributed by atoms with Crippen LogP contribution in [0, 0.1) is 11.7 Å². The molecule has 5 rings (SSSR count). The topological polar surface area (TPSA) is 108 Å². The predicted molar refractivity (Wildman–Crippen MR) is 149 cm³/mol. The number of nitrogens with two attached hydrogens (primary N) is 1. The summed E-state index contributed by atoms with van der Waals surface area (Å²) in [6.45, 7) is 0. The fraction of sp³-hybridized carbons (Fsp3) is 0.219. The quantitative estimate of drug-likeness (QED) is 0.347. The molecular formula is C32H29FN2O6. The fourth-order valence-corrected chi connectivity index (χ4v) is 5.76. The molecule has 0 saturated carbocycles. The molecule has 3 aromatic carbocycles. The Labute approximate surface area is 236 Å². The SMILES string of the molecule is COC(=O)C1=C(N)N(c2ccccc2)C2=C(C(=O)[C@H](C(=O)OC)[C@@H](c3ccc(OC)cc3)C2)[C@@H]1c1ccc(F)cc1. The van der Waals surface area contributed by atoms with Gasteiger partial charge < -0.3 is 19.9 Å². The van der Waals surface area contributed by atoms with Gasteiger partial charge in [0.2, 0.25) is 0 Å². The second-order valence-corrected chi connectivity index (χ2v) is 9.76. The number of allylic oxidation sites excluding steroid dienone is 2. The number of ether oxygens (including phenoxy) is 3. The Morgan fingerprint density at radius 1 is 0.878 bits per heavy atom. The Morgan fingerprint density at radius 2 is 1.51 bits per heavy atom. The number of Topliss-reactive ketones (excluding diaryl/α,β-unsaturated/α-hetero) is 1. The van der Waals surface area contributed by atoms with Crippen molar-refractivity contribution in [1.82, 2.24) is 0 Å². The van der Waals surface area contributed by atoms with Crippen LogP contribution in [0.4, 0.5) is 10.1 Å².